The number of hydrogen-bond acceptors (Lipinski definition) is 2. The van der Waals surface area contributed by atoms with E-state index in [2.05, 4.69) is 0 Å². The predicted molar refractivity (Wildman–Crippen MR) is 26.4 cm³/mol. The quantitative estimate of drug-likeness (QED) is 0.214. The second-order valence-corrected chi connectivity index (χ2v) is 0.272. The van der Waals surface area contributed by atoms with Gasteiger partial charge in [-0.15, -0.1) is 0 Å². The molecule has 0 aromatic carbocycles. The van der Waals surface area contributed by atoms with Crippen molar-refractivity contribution in [3.8, 4) is 0 Å². The Morgan fingerprint density at radius 1 is 1.00 bits per heavy atom. The summed E-state index contributed by atoms with van der Waals surface area (Å²) in [4.78, 5) is 17.6. The summed E-state index contributed by atoms with van der Waals surface area (Å²) in [6, 6.07) is 0. The number of aldehydes is 2. The number of carbonyl (C=O) groups is 2. The van der Waals surface area contributed by atoms with Crippen molar-refractivity contribution in [3.63, 3.8) is 0 Å². The van der Waals surface area contributed by atoms with Gasteiger partial charge in [-0.1, -0.05) is 0 Å². The van der Waals surface area contributed by atoms with E-state index in [1.54, 1.807) is 0 Å². The van der Waals surface area contributed by atoms with Crippen LogP contribution in [-0.2, 0) is 9.59 Å². The van der Waals surface area contributed by atoms with Crippen molar-refractivity contribution in [2.75, 3.05) is 0 Å². The van der Waals surface area contributed by atoms with Gasteiger partial charge < -0.3 is 0 Å². The molecule has 2 nitrogen and oxygen atoms in total. The molecule has 6 heavy (non-hydrogen) atoms. The van der Waals surface area contributed by atoms with Crippen LogP contribution in [0.15, 0.2) is 0 Å². The molecule has 0 aromatic heterocycles. The summed E-state index contributed by atoms with van der Waals surface area (Å²) in [5.41, 5.74) is 0. The van der Waals surface area contributed by atoms with E-state index in [1.165, 1.54) is 0 Å². The van der Waals surface area contributed by atoms with Gasteiger partial charge >= 0.3 is 48.4 Å². The van der Waals surface area contributed by atoms with Crippen molar-refractivity contribution in [3.05, 3.63) is 0 Å². The van der Waals surface area contributed by atoms with Gasteiger partial charge in [0.15, 0.2) is 12.6 Å². The van der Waals surface area contributed by atoms with Crippen LogP contribution in [0.25, 0.3) is 0 Å². The summed E-state index contributed by atoms with van der Waals surface area (Å²) in [6.45, 7) is 0. The van der Waals surface area contributed by atoms with E-state index in [4.69, 9.17) is 9.59 Å². The van der Waals surface area contributed by atoms with Crippen LogP contribution in [0.3, 0.4) is 0 Å². The van der Waals surface area contributed by atoms with Gasteiger partial charge in [0.05, 0.1) is 0 Å². The summed E-state index contributed by atoms with van der Waals surface area (Å²) in [5.74, 6) is 0. The molecule has 0 aliphatic rings. The monoisotopic (exact) mass is 90.0 g/mol. The van der Waals surface area contributed by atoms with Crippen molar-refractivity contribution in [1.82, 2.24) is 0 Å². The SMILES string of the molecule is O=CC=O.[LiH].[NaH]. The molecule has 0 N–H and O–H groups in total. The maximum absolute atomic E-state index is 8.81. The van der Waals surface area contributed by atoms with Gasteiger partial charge in [0.1, 0.15) is 0 Å². The summed E-state index contributed by atoms with van der Waals surface area (Å²) >= 11 is 0. The van der Waals surface area contributed by atoms with Gasteiger partial charge in [-0.2, -0.15) is 0 Å². The van der Waals surface area contributed by atoms with E-state index in [1.807, 2.05) is 0 Å². The van der Waals surface area contributed by atoms with Gasteiger partial charge in [0.25, 0.3) is 0 Å². The van der Waals surface area contributed by atoms with E-state index in [0.29, 0.717) is 0 Å². The molecule has 0 heterocycles. The molecule has 0 fully saturated rings. The Kier molecular flexibility index (Phi) is 44.1. The third-order valence-electron chi connectivity index (χ3n) is 0.0556. The van der Waals surface area contributed by atoms with Crippen LogP contribution in [0.2, 0.25) is 0 Å². The Labute approximate surface area is 70.1 Å². The first-order valence-corrected chi connectivity index (χ1v) is 0.805. The number of hydrogen-bond donors (Lipinski definition) is 0. The molecule has 0 saturated heterocycles. The molecule has 0 rings (SSSR count). The minimum absolute atomic E-state index is 0. The molecule has 0 amide bonds. The first-order valence-electron chi connectivity index (χ1n) is 0.805. The van der Waals surface area contributed by atoms with Gasteiger partial charge in [0.2, 0.25) is 0 Å². The second kappa shape index (κ2) is 16.8. The van der Waals surface area contributed by atoms with Crippen LogP contribution in [0.5, 0.6) is 0 Å². The Morgan fingerprint density at radius 3 is 1.17 bits per heavy atom. The second-order valence-electron chi connectivity index (χ2n) is 0.272. The van der Waals surface area contributed by atoms with E-state index in [9.17, 15) is 0 Å². The molecule has 4 heteroatoms. The Balaban J connectivity index is -0.0000000450. The van der Waals surface area contributed by atoms with E-state index in [0.717, 1.165) is 0 Å². The van der Waals surface area contributed by atoms with Crippen LogP contribution in [0.1, 0.15) is 0 Å². The maximum atomic E-state index is 8.81. The summed E-state index contributed by atoms with van der Waals surface area (Å²) in [7, 11) is 0. The molecule has 0 saturated carbocycles. The van der Waals surface area contributed by atoms with Gasteiger partial charge in [-0.05, 0) is 0 Å². The zero-order valence-corrected chi connectivity index (χ0v) is 1.97. The Hall–Kier alpha value is 0.937. The van der Waals surface area contributed by atoms with Crippen LogP contribution in [-0.4, -0.2) is 61.0 Å². The molecule has 0 aliphatic carbocycles. The predicted octanol–water partition coefficient (Wildman–Crippen LogP) is -1.91. The Bertz CT molecular complexity index is 32.5. The Morgan fingerprint density at radius 2 is 1.17 bits per heavy atom. The van der Waals surface area contributed by atoms with E-state index >= 15 is 0 Å². The summed E-state index contributed by atoms with van der Waals surface area (Å²) < 4.78 is 0. The fraction of sp³-hybridized carbons (Fsp3) is 0. The molecule has 0 bridgehead atoms. The molecule has 0 spiro atoms. The van der Waals surface area contributed by atoms with Crippen molar-refractivity contribution in [1.29, 1.82) is 0 Å². The molecule has 0 atom stereocenters. The fourth-order valence-corrected chi connectivity index (χ4v) is 0. The summed E-state index contributed by atoms with van der Waals surface area (Å²) in [5, 5.41) is 0. The molecule has 0 aliphatic heterocycles. The van der Waals surface area contributed by atoms with Crippen molar-refractivity contribution in [2.45, 2.75) is 0 Å². The zero-order chi connectivity index (χ0) is 3.41. The minimum atomic E-state index is 0. The van der Waals surface area contributed by atoms with Gasteiger partial charge in [0, 0.05) is 0 Å². The van der Waals surface area contributed by atoms with Crippen LogP contribution in [0, 0.1) is 0 Å². The molecule has 0 radical (unpaired) electrons. The zero-order valence-electron chi connectivity index (χ0n) is 1.97. The summed E-state index contributed by atoms with van der Waals surface area (Å²) in [6.07, 6.45) is 0.389. The van der Waals surface area contributed by atoms with Gasteiger partial charge in [-0.25, -0.2) is 0 Å². The topological polar surface area (TPSA) is 34.1 Å². The van der Waals surface area contributed by atoms with Crippen molar-refractivity contribution >= 4 is 61.0 Å². The molecule has 0 unspecified atom stereocenters. The molecular weight excluding hydrogens is 86.0 g/mol. The average molecular weight is 90.0 g/mol. The van der Waals surface area contributed by atoms with Crippen LogP contribution < -0.4 is 0 Å². The third-order valence-corrected chi connectivity index (χ3v) is 0.0556. The van der Waals surface area contributed by atoms with Crippen molar-refractivity contribution < 1.29 is 9.59 Å². The van der Waals surface area contributed by atoms with E-state index < -0.39 is 0 Å². The third kappa shape index (κ3) is 20.4. The normalized spacial score (nSPS) is 3.33. The molecule has 0 aromatic rings. The first-order chi connectivity index (χ1) is 1.91. The van der Waals surface area contributed by atoms with Crippen molar-refractivity contribution in [2.24, 2.45) is 0 Å². The van der Waals surface area contributed by atoms with Gasteiger partial charge in [-0.3, -0.25) is 9.59 Å². The molecule has 26 valence electrons. The van der Waals surface area contributed by atoms with Crippen LogP contribution >= 0.6 is 0 Å². The number of rotatable bonds is 1. The molecular formula is C2H4LiNaO2. The average Bonchev–Trinajstić information content (AvgIpc) is 1.37. The van der Waals surface area contributed by atoms with E-state index in [-0.39, 0.29) is 61.0 Å². The standard InChI is InChI=1S/C2H2O2.Li.Na.2H/c3-1-2-4;;;;/h1-2H;;;;. The van der Waals surface area contributed by atoms with Crippen LogP contribution in [0.4, 0.5) is 0 Å². The fourth-order valence-electron chi connectivity index (χ4n) is 0. The number of carbonyl (C=O) groups excluding carboxylic acids is 2. The first kappa shape index (κ1) is 15.8.